The van der Waals surface area contributed by atoms with E-state index in [1.165, 1.54) is 6.07 Å². The molecule has 0 bridgehead atoms. The minimum Gasteiger partial charge on any atom is -0.467 e. The number of nitro groups is 1. The minimum atomic E-state index is -0.480. The van der Waals surface area contributed by atoms with Crippen LogP contribution < -0.4 is 0 Å². The fourth-order valence-electron chi connectivity index (χ4n) is 1.44. The summed E-state index contributed by atoms with van der Waals surface area (Å²) in [5.41, 5.74) is 0.175. The largest absolute Gasteiger partial charge is 0.467 e. The third kappa shape index (κ3) is 2.60. The third-order valence-corrected chi connectivity index (χ3v) is 2.37. The molecule has 1 unspecified atom stereocenters. The zero-order valence-electron chi connectivity index (χ0n) is 9.69. The van der Waals surface area contributed by atoms with Crippen LogP contribution in [-0.4, -0.2) is 4.92 Å². The summed E-state index contributed by atoms with van der Waals surface area (Å²) < 4.78 is 5.17. The van der Waals surface area contributed by atoms with Gasteiger partial charge in [0.05, 0.1) is 11.2 Å². The van der Waals surface area contributed by atoms with Crippen molar-refractivity contribution < 1.29 is 9.34 Å². The van der Waals surface area contributed by atoms with Gasteiger partial charge in [-0.25, -0.2) is 0 Å². The van der Waals surface area contributed by atoms with E-state index in [0.717, 1.165) is 0 Å². The lowest BCUT2D eigenvalue weighted by Gasteiger charge is -2.00. The molecule has 2 aromatic rings. The molecule has 1 heterocycles. The van der Waals surface area contributed by atoms with Crippen LogP contribution in [-0.2, 0) is 0 Å². The Kier molecular flexibility index (Phi) is 3.47. The first-order valence-corrected chi connectivity index (χ1v) is 5.36. The van der Waals surface area contributed by atoms with Crippen molar-refractivity contribution >= 4 is 11.4 Å². The quantitative estimate of drug-likeness (QED) is 0.463. The lowest BCUT2D eigenvalue weighted by Crippen LogP contribution is -1.88. The Labute approximate surface area is 103 Å². The van der Waals surface area contributed by atoms with E-state index in [0.29, 0.717) is 5.76 Å². The van der Waals surface area contributed by atoms with E-state index in [4.69, 9.17) is 4.42 Å². The second kappa shape index (κ2) is 5.22. The van der Waals surface area contributed by atoms with Gasteiger partial charge in [-0.05, 0) is 25.1 Å². The first-order chi connectivity index (χ1) is 8.68. The molecule has 0 saturated carbocycles. The summed E-state index contributed by atoms with van der Waals surface area (Å²) in [7, 11) is 0. The molecule has 6 heteroatoms. The molecule has 92 valence electrons. The zero-order chi connectivity index (χ0) is 13.0. The first kappa shape index (κ1) is 12.0. The second-order valence-electron chi connectivity index (χ2n) is 3.65. The molecular formula is C12H11N3O3. The molecule has 0 amide bonds. The number of para-hydroxylation sites is 1. The van der Waals surface area contributed by atoms with Gasteiger partial charge in [-0.2, -0.15) is 5.11 Å². The normalized spacial score (nSPS) is 12.7. The summed E-state index contributed by atoms with van der Waals surface area (Å²) >= 11 is 0. The van der Waals surface area contributed by atoms with Crippen LogP contribution in [0.3, 0.4) is 0 Å². The summed E-state index contributed by atoms with van der Waals surface area (Å²) in [6.45, 7) is 1.80. The maximum atomic E-state index is 10.8. The van der Waals surface area contributed by atoms with Crippen LogP contribution in [0.25, 0.3) is 0 Å². The minimum absolute atomic E-state index is 0.0621. The van der Waals surface area contributed by atoms with E-state index in [-0.39, 0.29) is 17.4 Å². The molecule has 0 saturated heterocycles. The number of hydrogen-bond acceptors (Lipinski definition) is 5. The predicted octanol–water partition coefficient (Wildman–Crippen LogP) is 4.03. The van der Waals surface area contributed by atoms with Crippen LogP contribution >= 0.6 is 0 Å². The summed E-state index contributed by atoms with van der Waals surface area (Å²) in [5, 5.41) is 18.7. The average molecular weight is 245 g/mol. The highest BCUT2D eigenvalue weighted by Crippen LogP contribution is 2.28. The highest BCUT2D eigenvalue weighted by atomic mass is 16.6. The lowest BCUT2D eigenvalue weighted by atomic mass is 10.3. The third-order valence-electron chi connectivity index (χ3n) is 2.37. The SMILES string of the molecule is CC(N=Nc1ccccc1[N+](=O)[O-])c1ccco1. The Hall–Kier alpha value is -2.50. The number of benzene rings is 1. The van der Waals surface area contributed by atoms with Gasteiger partial charge in [0.15, 0.2) is 5.69 Å². The van der Waals surface area contributed by atoms with Crippen LogP contribution in [0, 0.1) is 10.1 Å². The van der Waals surface area contributed by atoms with E-state index in [1.54, 1.807) is 43.5 Å². The summed E-state index contributed by atoms with van der Waals surface area (Å²) in [6, 6.07) is 9.48. The van der Waals surface area contributed by atoms with Crippen molar-refractivity contribution in [3.05, 3.63) is 58.5 Å². The molecule has 0 aliphatic carbocycles. The van der Waals surface area contributed by atoms with Gasteiger partial charge in [0, 0.05) is 6.07 Å². The van der Waals surface area contributed by atoms with Gasteiger partial charge in [-0.1, -0.05) is 12.1 Å². The maximum Gasteiger partial charge on any atom is 0.296 e. The van der Waals surface area contributed by atoms with E-state index in [2.05, 4.69) is 10.2 Å². The van der Waals surface area contributed by atoms with Gasteiger partial charge in [0.2, 0.25) is 0 Å². The topological polar surface area (TPSA) is 81.0 Å². The van der Waals surface area contributed by atoms with E-state index in [1.807, 2.05) is 0 Å². The molecule has 1 aromatic carbocycles. The summed E-state index contributed by atoms with van der Waals surface area (Å²) in [6.07, 6.45) is 1.55. The molecule has 0 radical (unpaired) electrons. The zero-order valence-corrected chi connectivity index (χ0v) is 9.69. The molecule has 2 rings (SSSR count). The van der Waals surface area contributed by atoms with Crippen molar-refractivity contribution in [3.63, 3.8) is 0 Å². The van der Waals surface area contributed by atoms with Crippen molar-refractivity contribution in [2.75, 3.05) is 0 Å². The number of nitrogens with zero attached hydrogens (tertiary/aromatic N) is 3. The number of hydrogen-bond donors (Lipinski definition) is 0. The van der Waals surface area contributed by atoms with Gasteiger partial charge in [-0.15, -0.1) is 5.11 Å². The molecule has 6 nitrogen and oxygen atoms in total. The lowest BCUT2D eigenvalue weighted by molar-refractivity contribution is -0.384. The Morgan fingerprint density at radius 2 is 2.06 bits per heavy atom. The molecule has 0 spiro atoms. The highest BCUT2D eigenvalue weighted by molar-refractivity contribution is 5.56. The van der Waals surface area contributed by atoms with Crippen LogP contribution in [0.5, 0.6) is 0 Å². The van der Waals surface area contributed by atoms with Gasteiger partial charge in [0.25, 0.3) is 5.69 Å². The smallest absolute Gasteiger partial charge is 0.296 e. The monoisotopic (exact) mass is 245 g/mol. The Morgan fingerprint density at radius 1 is 1.28 bits per heavy atom. The molecule has 0 aliphatic rings. The van der Waals surface area contributed by atoms with Crippen LogP contribution in [0.2, 0.25) is 0 Å². The van der Waals surface area contributed by atoms with E-state index < -0.39 is 4.92 Å². The van der Waals surface area contributed by atoms with Gasteiger partial charge < -0.3 is 4.42 Å². The maximum absolute atomic E-state index is 10.8. The van der Waals surface area contributed by atoms with Crippen molar-refractivity contribution in [2.45, 2.75) is 13.0 Å². The Bertz CT molecular complexity index is 564. The van der Waals surface area contributed by atoms with E-state index >= 15 is 0 Å². The fraction of sp³-hybridized carbons (Fsp3) is 0.167. The Morgan fingerprint density at radius 3 is 2.72 bits per heavy atom. The molecule has 0 N–H and O–H groups in total. The molecule has 1 atom stereocenters. The first-order valence-electron chi connectivity index (χ1n) is 5.36. The molecule has 18 heavy (non-hydrogen) atoms. The van der Waals surface area contributed by atoms with Crippen LogP contribution in [0.4, 0.5) is 11.4 Å². The molecule has 0 fully saturated rings. The van der Waals surface area contributed by atoms with Crippen molar-refractivity contribution in [1.29, 1.82) is 0 Å². The van der Waals surface area contributed by atoms with Gasteiger partial charge in [0.1, 0.15) is 11.8 Å². The van der Waals surface area contributed by atoms with Crippen molar-refractivity contribution in [2.24, 2.45) is 10.2 Å². The number of azo groups is 1. The van der Waals surface area contributed by atoms with Crippen molar-refractivity contribution in [1.82, 2.24) is 0 Å². The predicted molar refractivity (Wildman–Crippen MR) is 64.7 cm³/mol. The molecule has 0 aliphatic heterocycles. The number of furan rings is 1. The fourth-order valence-corrected chi connectivity index (χ4v) is 1.44. The van der Waals surface area contributed by atoms with Gasteiger partial charge >= 0.3 is 0 Å². The van der Waals surface area contributed by atoms with Crippen LogP contribution in [0.1, 0.15) is 18.7 Å². The summed E-state index contributed by atoms with van der Waals surface area (Å²) in [4.78, 5) is 10.3. The van der Waals surface area contributed by atoms with Crippen molar-refractivity contribution in [3.8, 4) is 0 Å². The standard InChI is InChI=1S/C12H11N3O3/c1-9(12-7-4-8-18-12)13-14-10-5-2-3-6-11(10)15(16)17/h2-9H,1H3. The van der Waals surface area contributed by atoms with Crippen LogP contribution in [0.15, 0.2) is 57.3 Å². The highest BCUT2D eigenvalue weighted by Gasteiger charge is 2.12. The number of rotatable bonds is 4. The molecular weight excluding hydrogens is 234 g/mol. The average Bonchev–Trinajstić information content (AvgIpc) is 2.90. The Balaban J connectivity index is 2.21. The molecule has 1 aromatic heterocycles. The van der Waals surface area contributed by atoms with E-state index in [9.17, 15) is 10.1 Å². The van der Waals surface area contributed by atoms with Gasteiger partial charge in [-0.3, -0.25) is 10.1 Å². The second-order valence-corrected chi connectivity index (χ2v) is 3.65. The summed E-state index contributed by atoms with van der Waals surface area (Å²) in [5.74, 6) is 0.664. The number of nitro benzene ring substituents is 1.